The zero-order valence-corrected chi connectivity index (χ0v) is 13.5. The number of alkyl halides is 1. The van der Waals surface area contributed by atoms with Crippen LogP contribution in [0.5, 0.6) is 0 Å². The molecule has 0 aliphatic carbocycles. The fourth-order valence-electron chi connectivity index (χ4n) is 2.52. The standard InChI is InChI=1S/C14H22ClN3OS/c1-2-5-18-6-3-11(4-7-18)16-13(19)8-14-17-12(9-15)10-20-14/h10-11H,2-9H2,1H3,(H,16,19). The van der Waals surface area contributed by atoms with Gasteiger partial charge < -0.3 is 10.2 Å². The van der Waals surface area contributed by atoms with E-state index in [-0.39, 0.29) is 5.91 Å². The van der Waals surface area contributed by atoms with E-state index in [2.05, 4.69) is 22.1 Å². The van der Waals surface area contributed by atoms with Gasteiger partial charge in [0.05, 0.1) is 18.0 Å². The number of halogens is 1. The van der Waals surface area contributed by atoms with Crippen molar-refractivity contribution in [1.82, 2.24) is 15.2 Å². The second kappa shape index (κ2) is 7.96. The van der Waals surface area contributed by atoms with Gasteiger partial charge in [0.25, 0.3) is 0 Å². The third-order valence-electron chi connectivity index (χ3n) is 3.54. The first kappa shape index (κ1) is 15.7. The molecule has 2 rings (SSSR count). The van der Waals surface area contributed by atoms with E-state index in [1.165, 1.54) is 24.3 Å². The smallest absolute Gasteiger partial charge is 0.227 e. The molecule has 1 saturated heterocycles. The van der Waals surface area contributed by atoms with Gasteiger partial charge in [-0.2, -0.15) is 0 Å². The summed E-state index contributed by atoms with van der Waals surface area (Å²) in [5, 5.41) is 5.89. The SMILES string of the molecule is CCCN1CCC(NC(=O)Cc2nc(CCl)cs2)CC1. The van der Waals surface area contributed by atoms with Crippen molar-refractivity contribution in [3.63, 3.8) is 0 Å². The first-order chi connectivity index (χ1) is 9.71. The van der Waals surface area contributed by atoms with Crippen LogP contribution in [-0.2, 0) is 17.1 Å². The number of thiazole rings is 1. The van der Waals surface area contributed by atoms with E-state index in [1.54, 1.807) is 0 Å². The van der Waals surface area contributed by atoms with E-state index in [0.29, 0.717) is 18.3 Å². The number of hydrogen-bond donors (Lipinski definition) is 1. The van der Waals surface area contributed by atoms with Crippen LogP contribution in [0.1, 0.15) is 36.9 Å². The number of amides is 1. The van der Waals surface area contributed by atoms with Crippen molar-refractivity contribution in [2.24, 2.45) is 0 Å². The highest BCUT2D eigenvalue weighted by Crippen LogP contribution is 2.14. The summed E-state index contributed by atoms with van der Waals surface area (Å²) in [5.41, 5.74) is 0.854. The van der Waals surface area contributed by atoms with Crippen LogP contribution in [-0.4, -0.2) is 41.5 Å². The lowest BCUT2D eigenvalue weighted by molar-refractivity contribution is -0.121. The Morgan fingerprint density at radius 3 is 2.90 bits per heavy atom. The molecule has 1 aromatic rings. The second-order valence-corrected chi connectivity index (χ2v) is 6.44. The summed E-state index contributed by atoms with van der Waals surface area (Å²) in [6.07, 6.45) is 3.67. The Hall–Kier alpha value is -0.650. The predicted molar refractivity (Wildman–Crippen MR) is 83.3 cm³/mol. The Kier molecular flexibility index (Phi) is 6.26. The van der Waals surface area contributed by atoms with Gasteiger partial charge in [-0.1, -0.05) is 6.92 Å². The topological polar surface area (TPSA) is 45.2 Å². The maximum absolute atomic E-state index is 12.0. The lowest BCUT2D eigenvalue weighted by Gasteiger charge is -2.32. The number of rotatable bonds is 6. The van der Waals surface area contributed by atoms with Crippen molar-refractivity contribution in [2.45, 2.75) is 44.5 Å². The lowest BCUT2D eigenvalue weighted by Crippen LogP contribution is -2.45. The largest absolute Gasteiger partial charge is 0.353 e. The van der Waals surface area contributed by atoms with Gasteiger partial charge >= 0.3 is 0 Å². The van der Waals surface area contributed by atoms with E-state index in [1.807, 2.05) is 5.38 Å². The number of likely N-dealkylation sites (tertiary alicyclic amines) is 1. The molecule has 4 nitrogen and oxygen atoms in total. The Bertz CT molecular complexity index is 430. The van der Waals surface area contributed by atoms with Gasteiger partial charge in [-0.15, -0.1) is 22.9 Å². The van der Waals surface area contributed by atoms with Gasteiger partial charge in [-0.05, 0) is 25.8 Å². The maximum atomic E-state index is 12.0. The quantitative estimate of drug-likeness (QED) is 0.820. The summed E-state index contributed by atoms with van der Waals surface area (Å²) >= 11 is 7.22. The van der Waals surface area contributed by atoms with E-state index < -0.39 is 0 Å². The number of nitrogens with one attached hydrogen (secondary N) is 1. The summed E-state index contributed by atoms with van der Waals surface area (Å²) in [5.74, 6) is 0.489. The van der Waals surface area contributed by atoms with Crippen molar-refractivity contribution in [3.8, 4) is 0 Å². The van der Waals surface area contributed by atoms with Crippen LogP contribution in [0, 0.1) is 0 Å². The van der Waals surface area contributed by atoms with E-state index in [4.69, 9.17) is 11.6 Å². The highest BCUT2D eigenvalue weighted by Gasteiger charge is 2.20. The molecular weight excluding hydrogens is 294 g/mol. The summed E-state index contributed by atoms with van der Waals surface area (Å²) in [6, 6.07) is 0.322. The fraction of sp³-hybridized carbons (Fsp3) is 0.714. The number of aromatic nitrogens is 1. The van der Waals surface area contributed by atoms with Crippen LogP contribution in [0.15, 0.2) is 5.38 Å². The van der Waals surface area contributed by atoms with E-state index >= 15 is 0 Å². The zero-order valence-electron chi connectivity index (χ0n) is 11.9. The summed E-state index contributed by atoms with van der Waals surface area (Å²) in [7, 11) is 0. The Morgan fingerprint density at radius 2 is 2.30 bits per heavy atom. The predicted octanol–water partition coefficient (Wildman–Crippen LogP) is 2.42. The lowest BCUT2D eigenvalue weighted by atomic mass is 10.0. The molecule has 1 amide bonds. The van der Waals surface area contributed by atoms with Crippen molar-refractivity contribution >= 4 is 28.8 Å². The number of piperidine rings is 1. The molecule has 0 aromatic carbocycles. The first-order valence-electron chi connectivity index (χ1n) is 7.22. The molecular formula is C14H22ClN3OS. The maximum Gasteiger partial charge on any atom is 0.227 e. The number of carbonyl (C=O) groups excluding carboxylic acids is 1. The van der Waals surface area contributed by atoms with Gasteiger partial charge in [-0.3, -0.25) is 4.79 Å². The van der Waals surface area contributed by atoms with E-state index in [9.17, 15) is 4.79 Å². The first-order valence-corrected chi connectivity index (χ1v) is 8.63. The molecule has 6 heteroatoms. The van der Waals surface area contributed by atoms with Crippen LogP contribution in [0.3, 0.4) is 0 Å². The molecule has 20 heavy (non-hydrogen) atoms. The minimum absolute atomic E-state index is 0.0782. The number of nitrogens with zero attached hydrogens (tertiary/aromatic N) is 2. The van der Waals surface area contributed by atoms with E-state index in [0.717, 1.165) is 36.6 Å². The molecule has 0 unspecified atom stereocenters. The number of hydrogen-bond acceptors (Lipinski definition) is 4. The highest BCUT2D eigenvalue weighted by molar-refractivity contribution is 7.09. The van der Waals surface area contributed by atoms with Crippen LogP contribution in [0.4, 0.5) is 0 Å². The Morgan fingerprint density at radius 1 is 1.55 bits per heavy atom. The molecule has 2 heterocycles. The minimum atomic E-state index is 0.0782. The molecule has 1 aliphatic heterocycles. The van der Waals surface area contributed by atoms with Crippen molar-refractivity contribution in [1.29, 1.82) is 0 Å². The molecule has 1 aromatic heterocycles. The van der Waals surface area contributed by atoms with Gasteiger partial charge in [0, 0.05) is 24.5 Å². The molecule has 0 atom stereocenters. The molecule has 0 bridgehead atoms. The van der Waals surface area contributed by atoms with Crippen molar-refractivity contribution in [3.05, 3.63) is 16.1 Å². The van der Waals surface area contributed by atoms with Gasteiger partial charge in [0.15, 0.2) is 0 Å². The van der Waals surface area contributed by atoms with Crippen molar-refractivity contribution in [2.75, 3.05) is 19.6 Å². The van der Waals surface area contributed by atoms with Crippen LogP contribution < -0.4 is 5.32 Å². The van der Waals surface area contributed by atoms with Crippen molar-refractivity contribution < 1.29 is 4.79 Å². The second-order valence-electron chi connectivity index (χ2n) is 5.23. The Balaban J connectivity index is 1.72. The van der Waals surface area contributed by atoms with Crippen LogP contribution in [0.2, 0.25) is 0 Å². The average Bonchev–Trinajstić information content (AvgIpc) is 2.89. The van der Waals surface area contributed by atoms with Crippen LogP contribution in [0.25, 0.3) is 0 Å². The fourth-order valence-corrected chi connectivity index (χ4v) is 3.55. The molecule has 0 radical (unpaired) electrons. The third kappa shape index (κ3) is 4.72. The average molecular weight is 316 g/mol. The summed E-state index contributed by atoms with van der Waals surface area (Å²) < 4.78 is 0. The molecule has 112 valence electrons. The molecule has 1 N–H and O–H groups in total. The minimum Gasteiger partial charge on any atom is -0.353 e. The van der Waals surface area contributed by atoms with Gasteiger partial charge in [0.1, 0.15) is 5.01 Å². The monoisotopic (exact) mass is 315 g/mol. The molecule has 0 saturated carbocycles. The normalized spacial score (nSPS) is 17.3. The summed E-state index contributed by atoms with van der Waals surface area (Å²) in [6.45, 7) is 5.55. The molecule has 1 aliphatic rings. The zero-order chi connectivity index (χ0) is 14.4. The summed E-state index contributed by atoms with van der Waals surface area (Å²) in [4.78, 5) is 18.8. The van der Waals surface area contributed by atoms with Gasteiger partial charge in [0.2, 0.25) is 5.91 Å². The van der Waals surface area contributed by atoms with Gasteiger partial charge in [-0.25, -0.2) is 4.98 Å². The molecule has 1 fully saturated rings. The number of carbonyl (C=O) groups is 1. The highest BCUT2D eigenvalue weighted by atomic mass is 35.5. The molecule has 0 spiro atoms. The Labute approximate surface area is 129 Å². The third-order valence-corrected chi connectivity index (χ3v) is 4.71. The van der Waals surface area contributed by atoms with Crippen LogP contribution >= 0.6 is 22.9 Å².